The molecule has 1 fully saturated rings. The van der Waals surface area contributed by atoms with Gasteiger partial charge in [0, 0.05) is 17.6 Å². The highest BCUT2D eigenvalue weighted by Crippen LogP contribution is 2.47. The Morgan fingerprint density at radius 3 is 2.96 bits per heavy atom. The van der Waals surface area contributed by atoms with E-state index in [0.717, 1.165) is 9.46 Å². The maximum atomic E-state index is 14.4. The molecule has 4 rings (SSSR count). The van der Waals surface area contributed by atoms with E-state index in [1.54, 1.807) is 6.07 Å². The normalized spacial score (nSPS) is 25.7. The highest BCUT2D eigenvalue weighted by atomic mass is 32.2. The predicted molar refractivity (Wildman–Crippen MR) is 98.8 cm³/mol. The number of aliphatic hydroxyl groups is 2. The van der Waals surface area contributed by atoms with E-state index in [-0.39, 0.29) is 0 Å². The number of hydrogen-bond donors (Lipinski definition) is 4. The minimum Gasteiger partial charge on any atom is -0.490 e. The molecule has 28 heavy (non-hydrogen) atoms. The quantitative estimate of drug-likeness (QED) is 0.471. The van der Waals surface area contributed by atoms with Crippen molar-refractivity contribution in [1.29, 1.82) is 0 Å². The van der Waals surface area contributed by atoms with E-state index in [1.165, 1.54) is 18.0 Å². The van der Waals surface area contributed by atoms with Gasteiger partial charge in [-0.3, -0.25) is 4.57 Å². The van der Waals surface area contributed by atoms with Crippen molar-refractivity contribution in [3.05, 3.63) is 34.9 Å². The Hall–Kier alpha value is -2.18. The van der Waals surface area contributed by atoms with Crippen molar-refractivity contribution in [1.82, 2.24) is 9.55 Å². The van der Waals surface area contributed by atoms with Crippen LogP contribution in [-0.4, -0.2) is 57.9 Å². The maximum absolute atomic E-state index is 14.4. The zero-order valence-corrected chi connectivity index (χ0v) is 15.4. The van der Waals surface area contributed by atoms with Crippen LogP contribution in [-0.2, 0) is 4.74 Å². The summed E-state index contributed by atoms with van der Waals surface area (Å²) in [6.45, 7) is 0.152. The van der Waals surface area contributed by atoms with E-state index < -0.39 is 36.9 Å². The lowest BCUT2D eigenvalue weighted by atomic mass is 10.1. The van der Waals surface area contributed by atoms with Crippen LogP contribution in [0.5, 0.6) is 5.75 Å². The molecule has 9 nitrogen and oxygen atoms in total. The molecule has 1 aromatic carbocycles. The maximum Gasteiger partial charge on any atom is 0.351 e. The van der Waals surface area contributed by atoms with Crippen LogP contribution in [0.4, 0.5) is 15.9 Å². The number of hydrogen-bond acceptors (Lipinski definition) is 9. The van der Waals surface area contributed by atoms with Gasteiger partial charge in [0.1, 0.15) is 24.6 Å². The molecule has 5 N–H and O–H groups in total. The summed E-state index contributed by atoms with van der Waals surface area (Å²) in [5.74, 6) is 0.902. The molecule has 0 spiro atoms. The van der Waals surface area contributed by atoms with Gasteiger partial charge >= 0.3 is 5.69 Å². The number of nitrogens with two attached hydrogens (primary N) is 1. The molecular formula is C17H19FN4O5S. The Bertz CT molecular complexity index is 942. The van der Waals surface area contributed by atoms with Gasteiger partial charge in [0.15, 0.2) is 18.2 Å². The van der Waals surface area contributed by atoms with E-state index in [9.17, 15) is 19.4 Å². The molecule has 0 bridgehead atoms. The molecule has 4 atom stereocenters. The largest absolute Gasteiger partial charge is 0.490 e. The third-order valence-corrected chi connectivity index (χ3v) is 5.57. The fourth-order valence-corrected chi connectivity index (χ4v) is 4.12. The van der Waals surface area contributed by atoms with Gasteiger partial charge in [0.25, 0.3) is 0 Å². The average Bonchev–Trinajstić information content (AvgIpc) is 2.98. The average molecular weight is 410 g/mol. The Kier molecular flexibility index (Phi) is 5.25. The number of ether oxygens (including phenoxy) is 2. The number of rotatable bonds is 5. The number of fused-ring (bicyclic) bond motifs is 2. The smallest absolute Gasteiger partial charge is 0.351 e. The van der Waals surface area contributed by atoms with E-state index >= 15 is 0 Å². The first-order chi connectivity index (χ1) is 13.5. The lowest BCUT2D eigenvalue weighted by Gasteiger charge is -2.24. The number of aromatic nitrogens is 2. The fourth-order valence-electron chi connectivity index (χ4n) is 3.12. The number of benzene rings is 1. The van der Waals surface area contributed by atoms with E-state index in [1.807, 2.05) is 12.1 Å². The number of alkyl halides is 1. The molecule has 0 saturated carbocycles. The van der Waals surface area contributed by atoms with Gasteiger partial charge in [-0.15, -0.1) is 0 Å². The van der Waals surface area contributed by atoms with Crippen molar-refractivity contribution in [2.24, 2.45) is 5.73 Å². The SMILES string of the molecule is NCCOc1cccc2c1Nc1nc(=O)n([C@@H]3O[C@H](CO)C(O)C3F)cc1S2. The van der Waals surface area contributed by atoms with E-state index in [0.29, 0.717) is 35.3 Å². The molecule has 150 valence electrons. The molecule has 0 aliphatic carbocycles. The van der Waals surface area contributed by atoms with Crippen LogP contribution < -0.4 is 21.5 Å². The van der Waals surface area contributed by atoms with Crippen molar-refractivity contribution in [3.8, 4) is 5.75 Å². The third kappa shape index (κ3) is 3.25. The molecule has 11 heteroatoms. The summed E-state index contributed by atoms with van der Waals surface area (Å²) < 4.78 is 26.3. The molecule has 2 aliphatic rings. The Morgan fingerprint density at radius 2 is 2.25 bits per heavy atom. The van der Waals surface area contributed by atoms with Crippen molar-refractivity contribution in [2.75, 3.05) is 25.1 Å². The van der Waals surface area contributed by atoms with Gasteiger partial charge in [-0.05, 0) is 12.1 Å². The Balaban J connectivity index is 1.67. The number of para-hydroxylation sites is 1. The third-order valence-electron chi connectivity index (χ3n) is 4.49. The van der Waals surface area contributed by atoms with Gasteiger partial charge in [0.2, 0.25) is 0 Å². The monoisotopic (exact) mass is 410 g/mol. The summed E-state index contributed by atoms with van der Waals surface area (Å²) in [5, 5.41) is 22.1. The van der Waals surface area contributed by atoms with Gasteiger partial charge in [0.05, 0.1) is 17.2 Å². The first-order valence-corrected chi connectivity index (χ1v) is 9.47. The van der Waals surface area contributed by atoms with Gasteiger partial charge in [-0.1, -0.05) is 17.8 Å². The van der Waals surface area contributed by atoms with Gasteiger partial charge in [-0.2, -0.15) is 4.98 Å². The van der Waals surface area contributed by atoms with Crippen LogP contribution in [0.2, 0.25) is 0 Å². The van der Waals surface area contributed by atoms with Gasteiger partial charge < -0.3 is 30.7 Å². The number of aliphatic hydroxyl groups excluding tert-OH is 2. The van der Waals surface area contributed by atoms with Crippen LogP contribution >= 0.6 is 11.8 Å². The number of halogens is 1. The summed E-state index contributed by atoms with van der Waals surface area (Å²) in [6.07, 6.45) is -4.41. The lowest BCUT2D eigenvalue weighted by Crippen LogP contribution is -2.34. The molecular weight excluding hydrogens is 391 g/mol. The van der Waals surface area contributed by atoms with Crippen molar-refractivity contribution < 1.29 is 24.1 Å². The van der Waals surface area contributed by atoms with Crippen molar-refractivity contribution in [3.63, 3.8) is 0 Å². The summed E-state index contributed by atoms with van der Waals surface area (Å²) >= 11 is 1.33. The number of nitrogens with one attached hydrogen (secondary N) is 1. The fraction of sp³-hybridized carbons (Fsp3) is 0.412. The molecule has 3 heterocycles. The molecule has 2 aromatic rings. The molecule has 0 radical (unpaired) electrons. The summed E-state index contributed by atoms with van der Waals surface area (Å²) in [6, 6.07) is 5.48. The second-order valence-corrected chi connectivity index (χ2v) is 7.40. The van der Waals surface area contributed by atoms with Crippen LogP contribution in [0, 0.1) is 0 Å². The van der Waals surface area contributed by atoms with Crippen LogP contribution in [0.25, 0.3) is 0 Å². The highest BCUT2D eigenvalue weighted by Gasteiger charge is 2.45. The van der Waals surface area contributed by atoms with Gasteiger partial charge in [-0.25, -0.2) is 9.18 Å². The second kappa shape index (κ2) is 7.68. The number of anilines is 2. The first kappa shape index (κ1) is 19.2. The zero-order valence-electron chi connectivity index (χ0n) is 14.6. The first-order valence-electron chi connectivity index (χ1n) is 8.66. The topological polar surface area (TPSA) is 132 Å². The molecule has 2 aliphatic heterocycles. The lowest BCUT2D eigenvalue weighted by molar-refractivity contribution is -0.0493. The standard InChI is InChI=1S/C17H19FN4O5S/c18-12-14(24)9(7-23)27-16(12)22-6-11-15(21-17(22)25)20-13-8(26-5-4-19)2-1-3-10(13)28-11/h1-3,6,9,12,14,16,23-24H,4-5,7,19H2,(H,20,21,25)/t9-,12?,14?,16-/m1/s1. The van der Waals surface area contributed by atoms with Crippen LogP contribution in [0.1, 0.15) is 6.23 Å². The summed E-state index contributed by atoms with van der Waals surface area (Å²) in [7, 11) is 0. The van der Waals surface area contributed by atoms with E-state index in [4.69, 9.17) is 15.2 Å². The minimum absolute atomic E-state index is 0.315. The Labute approximate surface area is 163 Å². The second-order valence-electron chi connectivity index (χ2n) is 6.32. The van der Waals surface area contributed by atoms with E-state index in [2.05, 4.69) is 10.3 Å². The zero-order chi connectivity index (χ0) is 19.8. The van der Waals surface area contributed by atoms with Crippen LogP contribution in [0.15, 0.2) is 39.0 Å². The predicted octanol–water partition coefficient (Wildman–Crippen LogP) is 0.378. The Morgan fingerprint density at radius 1 is 1.43 bits per heavy atom. The van der Waals surface area contributed by atoms with Crippen molar-refractivity contribution >= 4 is 23.3 Å². The molecule has 1 saturated heterocycles. The molecule has 2 unspecified atom stereocenters. The number of nitrogens with zero attached hydrogens (tertiary/aromatic N) is 2. The minimum atomic E-state index is -1.86. The highest BCUT2D eigenvalue weighted by molar-refractivity contribution is 7.99. The van der Waals surface area contributed by atoms with Crippen LogP contribution in [0.3, 0.4) is 0 Å². The summed E-state index contributed by atoms with van der Waals surface area (Å²) in [4.78, 5) is 17.9. The summed E-state index contributed by atoms with van der Waals surface area (Å²) in [5.41, 5.74) is 5.42. The molecule has 0 amide bonds. The van der Waals surface area contributed by atoms with Crippen molar-refractivity contribution in [2.45, 2.75) is 34.4 Å². The molecule has 1 aromatic heterocycles.